The van der Waals surface area contributed by atoms with E-state index in [1.165, 1.54) is 6.07 Å². The Balaban J connectivity index is 2.04. The first kappa shape index (κ1) is 11.9. The van der Waals surface area contributed by atoms with Crippen molar-refractivity contribution in [3.05, 3.63) is 53.3 Å². The van der Waals surface area contributed by atoms with Gasteiger partial charge in [-0.15, -0.1) is 0 Å². The largest absolute Gasteiger partial charge is 0.493 e. The molecule has 0 spiro atoms. The molecular weight excluding hydrogens is 243 g/mol. The summed E-state index contributed by atoms with van der Waals surface area (Å²) < 4.78 is 19.5. The fourth-order valence-corrected chi connectivity index (χ4v) is 2.37. The molecule has 0 atom stereocenters. The molecule has 0 unspecified atom stereocenters. The number of hydrogen-bond donors (Lipinski definition) is 0. The molecule has 2 nitrogen and oxygen atoms in total. The van der Waals surface area contributed by atoms with Crippen LogP contribution in [0.25, 0.3) is 11.1 Å². The van der Waals surface area contributed by atoms with E-state index in [1.807, 2.05) is 18.2 Å². The monoisotopic (exact) mass is 256 g/mol. The average Bonchev–Trinajstić information content (AvgIpc) is 2.46. The van der Waals surface area contributed by atoms with E-state index in [9.17, 15) is 9.18 Å². The lowest BCUT2D eigenvalue weighted by atomic mass is 9.98. The first-order chi connectivity index (χ1) is 9.28. The number of aryl methyl sites for hydroxylation is 1. The van der Waals surface area contributed by atoms with Crippen molar-refractivity contribution >= 4 is 6.29 Å². The third-order valence-corrected chi connectivity index (χ3v) is 3.35. The number of carbonyl (C=O) groups excluding carboxylic acids is 1. The van der Waals surface area contributed by atoms with Crippen LogP contribution in [0, 0.1) is 5.82 Å². The van der Waals surface area contributed by atoms with Crippen molar-refractivity contribution in [1.82, 2.24) is 0 Å². The summed E-state index contributed by atoms with van der Waals surface area (Å²) in [7, 11) is 0. The third-order valence-electron chi connectivity index (χ3n) is 3.35. The number of ether oxygens (including phenoxy) is 1. The molecule has 0 radical (unpaired) electrons. The van der Waals surface area contributed by atoms with Gasteiger partial charge in [-0.2, -0.15) is 0 Å². The van der Waals surface area contributed by atoms with Crippen LogP contribution in [-0.2, 0) is 6.42 Å². The van der Waals surface area contributed by atoms with E-state index in [0.717, 1.165) is 36.3 Å². The molecule has 19 heavy (non-hydrogen) atoms. The lowest BCUT2D eigenvalue weighted by molar-refractivity contribution is 0.112. The van der Waals surface area contributed by atoms with Crippen LogP contribution in [0.2, 0.25) is 0 Å². The highest BCUT2D eigenvalue weighted by Crippen LogP contribution is 2.31. The molecule has 0 saturated heterocycles. The number of rotatable bonds is 2. The molecule has 0 aliphatic carbocycles. The van der Waals surface area contributed by atoms with Crippen molar-refractivity contribution < 1.29 is 13.9 Å². The molecule has 0 saturated carbocycles. The zero-order valence-electron chi connectivity index (χ0n) is 10.4. The summed E-state index contributed by atoms with van der Waals surface area (Å²) in [5.41, 5.74) is 2.79. The molecule has 96 valence electrons. The Morgan fingerprint density at radius 2 is 2.05 bits per heavy atom. The van der Waals surface area contributed by atoms with E-state index in [4.69, 9.17) is 4.74 Å². The van der Waals surface area contributed by atoms with E-state index in [0.29, 0.717) is 17.4 Å². The number of hydrogen-bond acceptors (Lipinski definition) is 2. The van der Waals surface area contributed by atoms with E-state index in [-0.39, 0.29) is 5.82 Å². The van der Waals surface area contributed by atoms with Gasteiger partial charge in [0.15, 0.2) is 0 Å². The van der Waals surface area contributed by atoms with Crippen LogP contribution >= 0.6 is 0 Å². The lowest BCUT2D eigenvalue weighted by Gasteiger charge is -2.18. The summed E-state index contributed by atoms with van der Waals surface area (Å²) in [5.74, 6) is 0.515. The van der Waals surface area contributed by atoms with Crippen molar-refractivity contribution in [2.45, 2.75) is 12.8 Å². The molecule has 1 aliphatic heterocycles. The fraction of sp³-hybridized carbons (Fsp3) is 0.188. The van der Waals surface area contributed by atoms with Crippen LogP contribution in [0.3, 0.4) is 0 Å². The molecule has 0 amide bonds. The van der Waals surface area contributed by atoms with Crippen molar-refractivity contribution in [2.24, 2.45) is 0 Å². The van der Waals surface area contributed by atoms with Gasteiger partial charge in [-0.05, 0) is 42.2 Å². The molecular formula is C16H13FO2. The second-order valence-corrected chi connectivity index (χ2v) is 4.63. The molecule has 0 fully saturated rings. The molecule has 0 N–H and O–H groups in total. The smallest absolute Gasteiger partial charge is 0.150 e. The normalized spacial score (nSPS) is 13.5. The Bertz CT molecular complexity index is 635. The van der Waals surface area contributed by atoms with E-state index >= 15 is 0 Å². The molecule has 3 rings (SSSR count). The van der Waals surface area contributed by atoms with Gasteiger partial charge < -0.3 is 4.74 Å². The van der Waals surface area contributed by atoms with Crippen LogP contribution in [0.4, 0.5) is 4.39 Å². The first-order valence-corrected chi connectivity index (χ1v) is 6.29. The van der Waals surface area contributed by atoms with Gasteiger partial charge in [-0.1, -0.05) is 18.2 Å². The average molecular weight is 256 g/mol. The Kier molecular flexibility index (Phi) is 3.03. The SMILES string of the molecule is O=Cc1ccc(-c2ccc3c(c2)CCCO3)c(F)c1. The minimum atomic E-state index is -0.374. The quantitative estimate of drug-likeness (QED) is 0.767. The van der Waals surface area contributed by atoms with Crippen LogP contribution in [0.1, 0.15) is 22.3 Å². The number of aldehydes is 1. The van der Waals surface area contributed by atoms with Crippen molar-refractivity contribution in [3.8, 4) is 16.9 Å². The second-order valence-electron chi connectivity index (χ2n) is 4.63. The van der Waals surface area contributed by atoms with Crippen LogP contribution in [0.15, 0.2) is 36.4 Å². The molecule has 1 heterocycles. The van der Waals surface area contributed by atoms with Gasteiger partial charge in [0.05, 0.1) is 6.61 Å². The number of benzene rings is 2. The molecule has 2 aromatic carbocycles. The maximum atomic E-state index is 14.0. The Labute approximate surface area is 110 Å². The summed E-state index contributed by atoms with van der Waals surface area (Å²) in [4.78, 5) is 10.6. The first-order valence-electron chi connectivity index (χ1n) is 6.29. The summed E-state index contributed by atoms with van der Waals surface area (Å²) in [5, 5.41) is 0. The lowest BCUT2D eigenvalue weighted by Crippen LogP contribution is -2.08. The Morgan fingerprint density at radius 1 is 1.16 bits per heavy atom. The van der Waals surface area contributed by atoms with Crippen LogP contribution in [0.5, 0.6) is 5.75 Å². The maximum absolute atomic E-state index is 14.0. The summed E-state index contributed by atoms with van der Waals surface area (Å²) in [6.07, 6.45) is 2.59. The van der Waals surface area contributed by atoms with E-state index in [2.05, 4.69) is 0 Å². The van der Waals surface area contributed by atoms with Gasteiger partial charge >= 0.3 is 0 Å². The van der Waals surface area contributed by atoms with Gasteiger partial charge in [-0.3, -0.25) is 4.79 Å². The summed E-state index contributed by atoms with van der Waals surface area (Å²) in [6, 6.07) is 10.2. The van der Waals surface area contributed by atoms with E-state index < -0.39 is 0 Å². The van der Waals surface area contributed by atoms with Crippen molar-refractivity contribution in [1.29, 1.82) is 0 Å². The van der Waals surface area contributed by atoms with Crippen LogP contribution < -0.4 is 4.74 Å². The molecule has 2 aromatic rings. The van der Waals surface area contributed by atoms with Gasteiger partial charge in [0, 0.05) is 11.1 Å². The topological polar surface area (TPSA) is 26.3 Å². The highest BCUT2D eigenvalue weighted by atomic mass is 19.1. The van der Waals surface area contributed by atoms with Crippen LogP contribution in [-0.4, -0.2) is 12.9 Å². The Morgan fingerprint density at radius 3 is 2.84 bits per heavy atom. The van der Waals surface area contributed by atoms with Crippen molar-refractivity contribution in [3.63, 3.8) is 0 Å². The molecule has 3 heteroatoms. The zero-order valence-corrected chi connectivity index (χ0v) is 10.4. The van der Waals surface area contributed by atoms with Crippen molar-refractivity contribution in [2.75, 3.05) is 6.61 Å². The van der Waals surface area contributed by atoms with Gasteiger partial charge in [0.2, 0.25) is 0 Å². The summed E-state index contributed by atoms with van der Waals surface area (Å²) in [6.45, 7) is 0.745. The number of fused-ring (bicyclic) bond motifs is 1. The second kappa shape index (κ2) is 4.84. The zero-order chi connectivity index (χ0) is 13.2. The molecule has 1 aliphatic rings. The third kappa shape index (κ3) is 2.24. The highest BCUT2D eigenvalue weighted by Gasteiger charge is 2.13. The van der Waals surface area contributed by atoms with Gasteiger partial charge in [0.1, 0.15) is 17.9 Å². The predicted octanol–water partition coefficient (Wildman–Crippen LogP) is 3.63. The number of carbonyl (C=O) groups is 1. The highest BCUT2D eigenvalue weighted by molar-refractivity contribution is 5.77. The molecule has 0 bridgehead atoms. The van der Waals surface area contributed by atoms with E-state index in [1.54, 1.807) is 12.1 Å². The minimum absolute atomic E-state index is 0.350. The fourth-order valence-electron chi connectivity index (χ4n) is 2.37. The van der Waals surface area contributed by atoms with Gasteiger partial charge in [-0.25, -0.2) is 4.39 Å². The standard InChI is InChI=1S/C16H13FO2/c17-15-8-11(10-18)3-5-14(15)12-4-6-16-13(9-12)2-1-7-19-16/h3-6,8-10H,1-2,7H2. The Hall–Kier alpha value is -2.16. The maximum Gasteiger partial charge on any atom is 0.150 e. The minimum Gasteiger partial charge on any atom is -0.493 e. The summed E-state index contributed by atoms with van der Waals surface area (Å²) >= 11 is 0. The predicted molar refractivity (Wildman–Crippen MR) is 71.0 cm³/mol. The van der Waals surface area contributed by atoms with Gasteiger partial charge in [0.25, 0.3) is 0 Å². The number of halogens is 1. The molecule has 0 aromatic heterocycles.